The van der Waals surface area contributed by atoms with E-state index in [2.05, 4.69) is 4.98 Å². The molecule has 0 fully saturated rings. The van der Waals surface area contributed by atoms with Crippen molar-refractivity contribution in [2.75, 3.05) is 0 Å². The van der Waals surface area contributed by atoms with Gasteiger partial charge in [0.2, 0.25) is 0 Å². The fourth-order valence-electron chi connectivity index (χ4n) is 1.43. The fraction of sp³-hybridized carbons (Fsp3) is 0. The van der Waals surface area contributed by atoms with Gasteiger partial charge in [0, 0.05) is 16.7 Å². The number of aromatic nitrogens is 1. The molecule has 0 saturated heterocycles. The Kier molecular flexibility index (Phi) is 3.71. The van der Waals surface area contributed by atoms with E-state index in [0.29, 0.717) is 26.3 Å². The Morgan fingerprint density at radius 2 is 1.72 bits per heavy atom. The Bertz CT molecular complexity index is 591. The molecule has 0 radical (unpaired) electrons. The van der Waals surface area contributed by atoms with Crippen LogP contribution < -0.4 is 0 Å². The molecule has 0 unspecified atom stereocenters. The summed E-state index contributed by atoms with van der Waals surface area (Å²) in [5.74, 6) is 0. The smallest absolute Gasteiger partial charge is 0.258 e. The van der Waals surface area contributed by atoms with Crippen LogP contribution >= 0.6 is 34.8 Å². The van der Waals surface area contributed by atoms with Crippen LogP contribution in [-0.2, 0) is 0 Å². The SMILES string of the molecule is O=[N+]([O-])c1ccc(-c2c(Cl)cc(Cl)cc2Cl)nc1. The predicted molar refractivity (Wildman–Crippen MR) is 71.4 cm³/mol. The van der Waals surface area contributed by atoms with E-state index in [-0.39, 0.29) is 5.69 Å². The minimum atomic E-state index is -0.526. The van der Waals surface area contributed by atoms with Crippen molar-refractivity contribution in [3.05, 3.63) is 55.6 Å². The quantitative estimate of drug-likeness (QED) is 0.601. The van der Waals surface area contributed by atoms with E-state index in [1.807, 2.05) is 0 Å². The fourth-order valence-corrected chi connectivity index (χ4v) is 2.44. The van der Waals surface area contributed by atoms with Crippen molar-refractivity contribution in [1.29, 1.82) is 0 Å². The largest absolute Gasteiger partial charge is 0.287 e. The Labute approximate surface area is 117 Å². The van der Waals surface area contributed by atoms with E-state index in [1.165, 1.54) is 24.3 Å². The maximum Gasteiger partial charge on any atom is 0.287 e. The summed E-state index contributed by atoms with van der Waals surface area (Å²) in [5, 5.41) is 11.6. The molecular formula is C11H5Cl3N2O2. The zero-order valence-corrected chi connectivity index (χ0v) is 11.0. The molecule has 1 heterocycles. The lowest BCUT2D eigenvalue weighted by molar-refractivity contribution is -0.385. The molecule has 2 aromatic rings. The number of rotatable bonds is 2. The van der Waals surface area contributed by atoms with Crippen molar-refractivity contribution in [3.63, 3.8) is 0 Å². The van der Waals surface area contributed by atoms with Crippen molar-refractivity contribution in [3.8, 4) is 11.3 Å². The Morgan fingerprint density at radius 1 is 1.11 bits per heavy atom. The number of pyridine rings is 1. The maximum atomic E-state index is 10.5. The molecular weight excluding hydrogens is 298 g/mol. The van der Waals surface area contributed by atoms with Gasteiger partial charge in [0.15, 0.2) is 0 Å². The highest BCUT2D eigenvalue weighted by Crippen LogP contribution is 2.36. The average molecular weight is 304 g/mol. The van der Waals surface area contributed by atoms with Gasteiger partial charge in [0.05, 0.1) is 20.7 Å². The van der Waals surface area contributed by atoms with Gasteiger partial charge >= 0.3 is 0 Å². The standard InChI is InChI=1S/C11H5Cl3N2O2/c12-6-3-8(13)11(9(14)4-6)10-2-1-7(5-15-10)16(17)18/h1-5H. The van der Waals surface area contributed by atoms with Crippen LogP contribution in [-0.4, -0.2) is 9.91 Å². The Hall–Kier alpha value is -1.36. The normalized spacial score (nSPS) is 10.4. The van der Waals surface area contributed by atoms with Gasteiger partial charge in [-0.3, -0.25) is 10.1 Å². The van der Waals surface area contributed by atoms with Crippen LogP contribution in [0.1, 0.15) is 0 Å². The van der Waals surface area contributed by atoms with E-state index in [9.17, 15) is 10.1 Å². The monoisotopic (exact) mass is 302 g/mol. The molecule has 2 rings (SSSR count). The first-order valence-electron chi connectivity index (χ1n) is 4.74. The summed E-state index contributed by atoms with van der Waals surface area (Å²) in [6.45, 7) is 0. The van der Waals surface area contributed by atoms with Gasteiger partial charge < -0.3 is 0 Å². The summed E-state index contributed by atoms with van der Waals surface area (Å²) < 4.78 is 0. The first-order valence-corrected chi connectivity index (χ1v) is 5.88. The summed E-state index contributed by atoms with van der Waals surface area (Å²) in [7, 11) is 0. The number of hydrogen-bond acceptors (Lipinski definition) is 3. The van der Waals surface area contributed by atoms with Crippen molar-refractivity contribution in [2.45, 2.75) is 0 Å². The lowest BCUT2D eigenvalue weighted by Crippen LogP contribution is -1.91. The minimum Gasteiger partial charge on any atom is -0.258 e. The number of nitrogens with zero attached hydrogens (tertiary/aromatic N) is 2. The van der Waals surface area contributed by atoms with Gasteiger partial charge in [0.1, 0.15) is 6.20 Å². The molecule has 1 aromatic carbocycles. The molecule has 0 aliphatic heterocycles. The summed E-state index contributed by atoms with van der Waals surface area (Å²) in [5.41, 5.74) is 0.852. The molecule has 0 amide bonds. The highest BCUT2D eigenvalue weighted by molar-refractivity contribution is 6.41. The highest BCUT2D eigenvalue weighted by atomic mass is 35.5. The molecule has 0 aliphatic rings. The zero-order valence-electron chi connectivity index (χ0n) is 8.73. The summed E-state index contributed by atoms with van der Waals surface area (Å²) >= 11 is 17.9. The lowest BCUT2D eigenvalue weighted by atomic mass is 10.1. The Balaban J connectivity index is 2.52. The number of hydrogen-bond donors (Lipinski definition) is 0. The van der Waals surface area contributed by atoms with E-state index in [1.54, 1.807) is 0 Å². The van der Waals surface area contributed by atoms with Crippen LogP contribution in [0.5, 0.6) is 0 Å². The molecule has 1 aromatic heterocycles. The molecule has 0 N–H and O–H groups in total. The number of benzene rings is 1. The number of halogens is 3. The Morgan fingerprint density at radius 3 is 2.17 bits per heavy atom. The summed E-state index contributed by atoms with van der Waals surface area (Å²) in [6.07, 6.45) is 1.15. The van der Waals surface area contributed by atoms with Crippen LogP contribution in [0.3, 0.4) is 0 Å². The van der Waals surface area contributed by atoms with Gasteiger partial charge in [-0.15, -0.1) is 0 Å². The molecule has 0 saturated carbocycles. The second-order valence-electron chi connectivity index (χ2n) is 3.40. The molecule has 0 atom stereocenters. The third-order valence-corrected chi connectivity index (χ3v) is 3.04. The summed E-state index contributed by atoms with van der Waals surface area (Å²) in [6, 6.07) is 5.89. The van der Waals surface area contributed by atoms with E-state index >= 15 is 0 Å². The highest BCUT2D eigenvalue weighted by Gasteiger charge is 2.13. The molecule has 92 valence electrons. The van der Waals surface area contributed by atoms with E-state index in [4.69, 9.17) is 34.8 Å². The lowest BCUT2D eigenvalue weighted by Gasteiger charge is -2.06. The van der Waals surface area contributed by atoms with Gasteiger partial charge in [-0.2, -0.15) is 0 Å². The second-order valence-corrected chi connectivity index (χ2v) is 4.65. The van der Waals surface area contributed by atoms with Gasteiger partial charge in [0.25, 0.3) is 5.69 Å². The van der Waals surface area contributed by atoms with Crippen molar-refractivity contribution in [1.82, 2.24) is 4.98 Å². The molecule has 7 heteroatoms. The first kappa shape index (κ1) is 13.1. The van der Waals surface area contributed by atoms with Crippen LogP contribution in [0.15, 0.2) is 30.5 Å². The third kappa shape index (κ3) is 2.56. The molecule has 18 heavy (non-hydrogen) atoms. The number of nitro groups is 1. The maximum absolute atomic E-state index is 10.5. The average Bonchev–Trinajstić information content (AvgIpc) is 2.28. The van der Waals surface area contributed by atoms with E-state index in [0.717, 1.165) is 6.20 Å². The van der Waals surface area contributed by atoms with Gasteiger partial charge in [-0.05, 0) is 18.2 Å². The summed E-state index contributed by atoms with van der Waals surface area (Å²) in [4.78, 5) is 14.0. The van der Waals surface area contributed by atoms with Crippen LogP contribution in [0.4, 0.5) is 5.69 Å². The van der Waals surface area contributed by atoms with Crippen LogP contribution in [0.25, 0.3) is 11.3 Å². The van der Waals surface area contributed by atoms with Crippen LogP contribution in [0.2, 0.25) is 15.1 Å². The molecule has 0 bridgehead atoms. The van der Waals surface area contributed by atoms with Crippen molar-refractivity contribution in [2.24, 2.45) is 0 Å². The van der Waals surface area contributed by atoms with Crippen molar-refractivity contribution >= 4 is 40.5 Å². The topological polar surface area (TPSA) is 56.0 Å². The molecule has 0 spiro atoms. The van der Waals surface area contributed by atoms with E-state index < -0.39 is 4.92 Å². The first-order chi connectivity index (χ1) is 8.49. The van der Waals surface area contributed by atoms with Gasteiger partial charge in [-0.1, -0.05) is 34.8 Å². The van der Waals surface area contributed by atoms with Crippen molar-refractivity contribution < 1.29 is 4.92 Å². The third-order valence-electron chi connectivity index (χ3n) is 2.22. The molecule has 4 nitrogen and oxygen atoms in total. The predicted octanol–water partition coefficient (Wildman–Crippen LogP) is 4.62. The van der Waals surface area contributed by atoms with Crippen LogP contribution in [0, 0.1) is 10.1 Å². The van der Waals surface area contributed by atoms with Gasteiger partial charge in [-0.25, -0.2) is 4.98 Å². The zero-order chi connectivity index (χ0) is 13.3. The molecule has 0 aliphatic carbocycles. The second kappa shape index (κ2) is 5.10. The minimum absolute atomic E-state index is 0.0973.